The number of benzene rings is 3. The summed E-state index contributed by atoms with van der Waals surface area (Å²) in [6.45, 7) is 17.3. The van der Waals surface area contributed by atoms with Crippen molar-refractivity contribution < 1.29 is 30.0 Å². The molecule has 5 heteroatoms. The van der Waals surface area contributed by atoms with Crippen LogP contribution in [0.25, 0.3) is 43.0 Å². The zero-order valence-corrected chi connectivity index (χ0v) is 30.4. The van der Waals surface area contributed by atoms with E-state index in [0.717, 1.165) is 36.9 Å². The molecule has 0 bridgehead atoms. The van der Waals surface area contributed by atoms with Crippen molar-refractivity contribution in [3.8, 4) is 11.3 Å². The van der Waals surface area contributed by atoms with Crippen LogP contribution < -0.4 is 0 Å². The van der Waals surface area contributed by atoms with Gasteiger partial charge in [0.15, 0.2) is 5.78 Å². The Morgan fingerprint density at radius 3 is 2.14 bits per heavy atom. The quantitative estimate of drug-likeness (QED) is 0.102. The summed E-state index contributed by atoms with van der Waals surface area (Å²) in [5, 5.41) is 14.8. The fourth-order valence-corrected chi connectivity index (χ4v) is 8.48. The van der Waals surface area contributed by atoms with Crippen molar-refractivity contribution in [2.45, 2.75) is 86.5 Å². The Hall–Kier alpha value is -2.85. The molecule has 3 aromatic carbocycles. The first kappa shape index (κ1) is 34.0. The number of aromatic nitrogens is 1. The molecule has 0 saturated carbocycles. The summed E-state index contributed by atoms with van der Waals surface area (Å²) in [4.78, 5) is 18.3. The fraction of sp³-hybridized carbons (Fsp3) is 0.385. The normalized spacial score (nSPS) is 13.6. The van der Waals surface area contributed by atoms with Gasteiger partial charge in [-0.2, -0.15) is 0 Å². The summed E-state index contributed by atoms with van der Waals surface area (Å²) >= 11 is 1.92. The second kappa shape index (κ2) is 13.6. The smallest absolute Gasteiger partial charge is 0.162 e. The molecular weight excluding hydrogens is 739 g/mol. The molecule has 0 atom stereocenters. The topological polar surface area (TPSA) is 50.2 Å². The van der Waals surface area contributed by atoms with Crippen molar-refractivity contribution in [3.05, 3.63) is 88.0 Å². The summed E-state index contributed by atoms with van der Waals surface area (Å²) < 4.78 is 1.37. The second-order valence-electron chi connectivity index (χ2n) is 12.4. The van der Waals surface area contributed by atoms with Crippen LogP contribution in [-0.2, 0) is 30.3 Å². The van der Waals surface area contributed by atoms with E-state index in [1.807, 2.05) is 39.0 Å². The van der Waals surface area contributed by atoms with Gasteiger partial charge in [0.2, 0.25) is 0 Å². The number of aliphatic hydroxyl groups excluding tert-OH is 1. The number of hydrogen-bond acceptors (Lipinski definition) is 4. The van der Waals surface area contributed by atoms with Gasteiger partial charge in [0, 0.05) is 58.7 Å². The maximum Gasteiger partial charge on any atom is 0.162 e. The number of hydrogen-bond donors (Lipinski definition) is 1. The van der Waals surface area contributed by atoms with Crippen LogP contribution in [0.15, 0.2) is 60.4 Å². The molecule has 0 saturated heterocycles. The van der Waals surface area contributed by atoms with E-state index in [9.17, 15) is 9.90 Å². The standard InChI is InChI=1S/C26H20NS.C13H24O2.Ir/c1-14-17-10-6-5-9-16(17)13-19-22(14)26(3,4)23-15(2)28-25-18-11-7-8-12-20(18)27-24(19)21(23)25;1-5-10(6-2)12(14)9-13(15)11(7-3)8-4;/h5-12H,1-4H3;9-11,14H,5-8H2,1-4H3;/q-1;;/b;12-9-;. The number of ketones is 1. The van der Waals surface area contributed by atoms with Crippen LogP contribution in [-0.4, -0.2) is 15.9 Å². The molecule has 0 unspecified atom stereocenters. The van der Waals surface area contributed by atoms with Gasteiger partial charge >= 0.3 is 0 Å². The van der Waals surface area contributed by atoms with Crippen LogP contribution in [0.4, 0.5) is 0 Å². The molecule has 0 fully saturated rings. The molecule has 2 aromatic heterocycles. The number of rotatable bonds is 7. The summed E-state index contributed by atoms with van der Waals surface area (Å²) in [7, 11) is 0. The van der Waals surface area contributed by atoms with Gasteiger partial charge in [-0.3, -0.25) is 9.78 Å². The average Bonchev–Trinajstić information content (AvgIpc) is 3.36. The Morgan fingerprint density at radius 1 is 0.909 bits per heavy atom. The van der Waals surface area contributed by atoms with Crippen LogP contribution in [0.2, 0.25) is 0 Å². The predicted octanol–water partition coefficient (Wildman–Crippen LogP) is 11.2. The molecule has 1 radical (unpaired) electrons. The average molecular weight is 783 g/mol. The first-order valence-electron chi connectivity index (χ1n) is 15.8. The Morgan fingerprint density at radius 2 is 1.50 bits per heavy atom. The van der Waals surface area contributed by atoms with E-state index in [-0.39, 0.29) is 48.9 Å². The number of para-hydroxylation sites is 1. The van der Waals surface area contributed by atoms with E-state index in [4.69, 9.17) is 4.98 Å². The van der Waals surface area contributed by atoms with Gasteiger partial charge in [0.1, 0.15) is 0 Å². The van der Waals surface area contributed by atoms with Gasteiger partial charge in [-0.25, -0.2) is 0 Å². The maximum absolute atomic E-state index is 11.7. The van der Waals surface area contributed by atoms with Gasteiger partial charge in [-0.05, 0) is 55.0 Å². The molecule has 1 aliphatic carbocycles. The molecule has 3 nitrogen and oxygen atoms in total. The monoisotopic (exact) mass is 783 g/mol. The molecule has 2 heterocycles. The van der Waals surface area contributed by atoms with Crippen LogP contribution in [0.3, 0.4) is 0 Å². The van der Waals surface area contributed by atoms with Crippen molar-refractivity contribution in [3.63, 3.8) is 0 Å². The van der Waals surface area contributed by atoms with Gasteiger partial charge in [0.05, 0.1) is 11.3 Å². The minimum Gasteiger partial charge on any atom is -0.512 e. The summed E-state index contributed by atoms with van der Waals surface area (Å²) in [5.41, 5.74) is 7.47. The van der Waals surface area contributed by atoms with Crippen molar-refractivity contribution >= 4 is 48.9 Å². The van der Waals surface area contributed by atoms with Crippen LogP contribution in [0.5, 0.6) is 0 Å². The Balaban J connectivity index is 0.000000239. The number of nitrogens with zero attached hydrogens (tertiary/aromatic N) is 1. The van der Waals surface area contributed by atoms with E-state index >= 15 is 0 Å². The molecule has 233 valence electrons. The van der Waals surface area contributed by atoms with Crippen molar-refractivity contribution in [2.24, 2.45) is 11.8 Å². The molecule has 0 spiro atoms. The van der Waals surface area contributed by atoms with E-state index in [0.29, 0.717) is 0 Å². The minimum atomic E-state index is -0.0700. The molecule has 6 rings (SSSR count). The Kier molecular flexibility index (Phi) is 10.6. The van der Waals surface area contributed by atoms with E-state index < -0.39 is 0 Å². The number of aliphatic hydroxyl groups is 1. The van der Waals surface area contributed by atoms with Gasteiger partial charge in [0.25, 0.3) is 0 Å². The summed E-state index contributed by atoms with van der Waals surface area (Å²) in [6.07, 6.45) is 4.91. The van der Waals surface area contributed by atoms with Crippen LogP contribution in [0, 0.1) is 31.7 Å². The van der Waals surface area contributed by atoms with Gasteiger partial charge in [-0.1, -0.05) is 101 Å². The van der Waals surface area contributed by atoms with Crippen LogP contribution in [0.1, 0.15) is 88.8 Å². The number of thiophene rings is 1. The number of allylic oxidation sites excluding steroid dienone is 2. The predicted molar refractivity (Wildman–Crippen MR) is 184 cm³/mol. The summed E-state index contributed by atoms with van der Waals surface area (Å²) in [6, 6.07) is 20.9. The molecule has 5 aromatic rings. The van der Waals surface area contributed by atoms with E-state index in [1.54, 1.807) is 0 Å². The van der Waals surface area contributed by atoms with Crippen molar-refractivity contribution in [1.82, 2.24) is 4.98 Å². The van der Waals surface area contributed by atoms with Gasteiger partial charge < -0.3 is 5.11 Å². The van der Waals surface area contributed by atoms with Crippen molar-refractivity contribution in [2.75, 3.05) is 0 Å². The Labute approximate surface area is 280 Å². The number of carbonyl (C=O) groups is 1. The fourth-order valence-electron chi connectivity index (χ4n) is 7.14. The third-order valence-electron chi connectivity index (χ3n) is 9.49. The zero-order chi connectivity index (χ0) is 31.1. The number of aryl methyl sites for hydroxylation is 2. The number of pyridine rings is 1. The molecule has 44 heavy (non-hydrogen) atoms. The molecule has 1 N–H and O–H groups in total. The number of carbonyl (C=O) groups excluding carboxylic acids is 1. The molecular formula is C39H44IrNO2S-. The Bertz CT molecular complexity index is 1860. The maximum atomic E-state index is 11.7. The SMILES string of the molecule is CCC(CC)C(=O)/C=C(\O)C(CC)CC.Cc1sc2c3c(nc4ccccc42)-c2[c-]c4ccccc4c(C)c2C(C)(C)c13.[Ir]. The second-order valence-corrected chi connectivity index (χ2v) is 13.6. The first-order chi connectivity index (χ1) is 20.6. The molecule has 0 amide bonds. The third kappa shape index (κ3) is 5.80. The van der Waals surface area contributed by atoms with Gasteiger partial charge in [-0.15, -0.1) is 34.4 Å². The summed E-state index contributed by atoms with van der Waals surface area (Å²) in [5.74, 6) is 0.547. The van der Waals surface area contributed by atoms with Crippen molar-refractivity contribution in [1.29, 1.82) is 0 Å². The van der Waals surface area contributed by atoms with E-state index in [2.05, 4.69) is 82.3 Å². The molecule has 0 aliphatic heterocycles. The first-order valence-corrected chi connectivity index (χ1v) is 16.6. The van der Waals surface area contributed by atoms with E-state index in [1.165, 1.54) is 59.5 Å². The minimum absolute atomic E-state index is 0. The number of fused-ring (bicyclic) bond motifs is 5. The van der Waals surface area contributed by atoms with Crippen LogP contribution >= 0.6 is 11.3 Å². The zero-order valence-electron chi connectivity index (χ0n) is 27.2. The largest absolute Gasteiger partial charge is 0.512 e. The molecule has 1 aliphatic rings. The third-order valence-corrected chi connectivity index (χ3v) is 10.6.